The molecule has 0 bridgehead atoms. The molecule has 1 aromatic heterocycles. The van der Waals surface area contributed by atoms with Gasteiger partial charge in [0.2, 0.25) is 11.8 Å². The molecular weight excluding hydrogens is 256 g/mol. The average Bonchev–Trinajstić information content (AvgIpc) is 3.18. The van der Waals surface area contributed by atoms with Crippen LogP contribution in [0.5, 0.6) is 5.88 Å². The van der Waals surface area contributed by atoms with Gasteiger partial charge < -0.3 is 15.4 Å². The smallest absolute Gasteiger partial charge is 0.220 e. The van der Waals surface area contributed by atoms with Gasteiger partial charge >= 0.3 is 0 Å². The van der Waals surface area contributed by atoms with Gasteiger partial charge in [0.05, 0.1) is 6.61 Å². The van der Waals surface area contributed by atoms with Crippen molar-refractivity contribution in [1.82, 2.24) is 15.3 Å². The van der Waals surface area contributed by atoms with Crippen molar-refractivity contribution in [2.75, 3.05) is 18.5 Å². The molecule has 0 atom stereocenters. The first-order valence-electron chi connectivity index (χ1n) is 7.19. The monoisotopic (exact) mass is 278 g/mol. The van der Waals surface area contributed by atoms with Crippen LogP contribution in [0.4, 0.5) is 5.82 Å². The van der Waals surface area contributed by atoms with Crippen molar-refractivity contribution in [2.24, 2.45) is 0 Å². The molecule has 6 heteroatoms. The molecule has 1 aromatic rings. The fourth-order valence-corrected chi connectivity index (χ4v) is 1.85. The summed E-state index contributed by atoms with van der Waals surface area (Å²) in [7, 11) is 0. The summed E-state index contributed by atoms with van der Waals surface area (Å²) < 4.78 is 5.37. The summed E-state index contributed by atoms with van der Waals surface area (Å²) in [6, 6.07) is 2.22. The Morgan fingerprint density at radius 2 is 2.25 bits per heavy atom. The molecule has 1 saturated carbocycles. The van der Waals surface area contributed by atoms with E-state index in [0.717, 1.165) is 25.1 Å². The first-order valence-corrected chi connectivity index (χ1v) is 7.19. The number of aryl methyl sites for hydroxylation is 1. The number of ether oxygens (including phenoxy) is 1. The van der Waals surface area contributed by atoms with E-state index >= 15 is 0 Å². The first kappa shape index (κ1) is 14.6. The van der Waals surface area contributed by atoms with Crippen LogP contribution in [0.15, 0.2) is 6.07 Å². The lowest BCUT2D eigenvalue weighted by Crippen LogP contribution is -2.25. The van der Waals surface area contributed by atoms with Gasteiger partial charge in [-0.05, 0) is 33.1 Å². The Balaban J connectivity index is 1.71. The minimum absolute atomic E-state index is 0.142. The second-order valence-corrected chi connectivity index (χ2v) is 4.94. The predicted molar refractivity (Wildman–Crippen MR) is 76.8 cm³/mol. The second-order valence-electron chi connectivity index (χ2n) is 4.94. The van der Waals surface area contributed by atoms with Crippen LogP contribution in [-0.2, 0) is 4.79 Å². The van der Waals surface area contributed by atoms with Crippen LogP contribution < -0.4 is 15.4 Å². The van der Waals surface area contributed by atoms with Crippen molar-refractivity contribution < 1.29 is 9.53 Å². The number of anilines is 1. The van der Waals surface area contributed by atoms with E-state index in [4.69, 9.17) is 4.74 Å². The molecule has 0 aliphatic heterocycles. The number of nitrogens with one attached hydrogen (secondary N) is 2. The fraction of sp³-hybridized carbons (Fsp3) is 0.643. The van der Waals surface area contributed by atoms with Gasteiger partial charge in [-0.2, -0.15) is 4.98 Å². The first-order chi connectivity index (χ1) is 9.67. The van der Waals surface area contributed by atoms with Crippen LogP contribution in [0, 0.1) is 6.92 Å². The van der Waals surface area contributed by atoms with E-state index in [1.807, 2.05) is 13.8 Å². The van der Waals surface area contributed by atoms with Gasteiger partial charge in [-0.15, -0.1) is 0 Å². The van der Waals surface area contributed by atoms with E-state index in [0.29, 0.717) is 37.3 Å². The molecule has 0 unspecified atom stereocenters. The molecule has 1 fully saturated rings. The normalized spacial score (nSPS) is 13.9. The average molecular weight is 278 g/mol. The zero-order chi connectivity index (χ0) is 14.4. The third-order valence-corrected chi connectivity index (χ3v) is 2.94. The number of amides is 1. The number of hydrogen-bond acceptors (Lipinski definition) is 5. The minimum Gasteiger partial charge on any atom is -0.478 e. The van der Waals surface area contributed by atoms with Crippen LogP contribution >= 0.6 is 0 Å². The predicted octanol–water partition coefficient (Wildman–Crippen LogP) is 1.65. The maximum absolute atomic E-state index is 11.5. The summed E-state index contributed by atoms with van der Waals surface area (Å²) in [5, 5.41) is 6.17. The topological polar surface area (TPSA) is 76.1 Å². The quantitative estimate of drug-likeness (QED) is 0.707. The molecule has 0 spiro atoms. The lowest BCUT2D eigenvalue weighted by molar-refractivity contribution is -0.121. The Labute approximate surface area is 119 Å². The van der Waals surface area contributed by atoms with Crippen LogP contribution in [-0.4, -0.2) is 35.1 Å². The molecule has 6 nitrogen and oxygen atoms in total. The number of nitrogens with zero attached hydrogens (tertiary/aromatic N) is 2. The fourth-order valence-electron chi connectivity index (χ4n) is 1.85. The molecule has 20 heavy (non-hydrogen) atoms. The number of carbonyl (C=O) groups is 1. The zero-order valence-corrected chi connectivity index (χ0v) is 12.1. The molecule has 0 radical (unpaired) electrons. The standard InChI is InChI=1S/C14H22N4O2/c1-3-20-14-9-12(16-10(2)17-14)15-8-4-5-13(19)18-11-6-7-11/h9,11H,3-8H2,1-2H3,(H,18,19)(H,15,16,17). The van der Waals surface area contributed by atoms with Crippen molar-refractivity contribution in [2.45, 2.75) is 45.6 Å². The number of rotatable bonds is 8. The maximum Gasteiger partial charge on any atom is 0.220 e. The highest BCUT2D eigenvalue weighted by Gasteiger charge is 2.22. The van der Waals surface area contributed by atoms with E-state index in [1.165, 1.54) is 0 Å². The summed E-state index contributed by atoms with van der Waals surface area (Å²) in [6.45, 7) is 5.04. The lowest BCUT2D eigenvalue weighted by atomic mass is 10.3. The zero-order valence-electron chi connectivity index (χ0n) is 12.1. The summed E-state index contributed by atoms with van der Waals surface area (Å²) in [5.74, 6) is 2.13. The van der Waals surface area contributed by atoms with Crippen LogP contribution in [0.2, 0.25) is 0 Å². The van der Waals surface area contributed by atoms with E-state index in [9.17, 15) is 4.79 Å². The SMILES string of the molecule is CCOc1cc(NCCCC(=O)NC2CC2)nc(C)n1. The molecule has 0 aromatic carbocycles. The number of hydrogen-bond donors (Lipinski definition) is 2. The van der Waals surface area contributed by atoms with Gasteiger partial charge in [-0.25, -0.2) is 4.98 Å². The van der Waals surface area contributed by atoms with Gasteiger partial charge in [0, 0.05) is 25.1 Å². The molecule has 1 heterocycles. The van der Waals surface area contributed by atoms with Crippen molar-refractivity contribution >= 4 is 11.7 Å². The molecule has 1 amide bonds. The largest absolute Gasteiger partial charge is 0.478 e. The van der Waals surface area contributed by atoms with Crippen molar-refractivity contribution in [3.63, 3.8) is 0 Å². The Kier molecular flexibility index (Phi) is 5.15. The maximum atomic E-state index is 11.5. The van der Waals surface area contributed by atoms with Crippen molar-refractivity contribution in [1.29, 1.82) is 0 Å². The van der Waals surface area contributed by atoms with Crippen molar-refractivity contribution in [3.05, 3.63) is 11.9 Å². The lowest BCUT2D eigenvalue weighted by Gasteiger charge is -2.09. The van der Waals surface area contributed by atoms with Crippen LogP contribution in [0.1, 0.15) is 38.4 Å². The Morgan fingerprint density at radius 3 is 2.95 bits per heavy atom. The van der Waals surface area contributed by atoms with Crippen LogP contribution in [0.3, 0.4) is 0 Å². The molecule has 0 saturated heterocycles. The molecule has 2 N–H and O–H groups in total. The Morgan fingerprint density at radius 1 is 1.45 bits per heavy atom. The summed E-state index contributed by atoms with van der Waals surface area (Å²) in [6.07, 6.45) is 3.59. The van der Waals surface area contributed by atoms with Gasteiger partial charge in [0.1, 0.15) is 11.6 Å². The highest BCUT2D eigenvalue weighted by atomic mass is 16.5. The number of carbonyl (C=O) groups excluding carboxylic acids is 1. The highest BCUT2D eigenvalue weighted by molar-refractivity contribution is 5.76. The van der Waals surface area contributed by atoms with E-state index in [1.54, 1.807) is 6.07 Å². The molecule has 1 aliphatic rings. The summed E-state index contributed by atoms with van der Waals surface area (Å²) >= 11 is 0. The molecule has 110 valence electrons. The highest BCUT2D eigenvalue weighted by Crippen LogP contribution is 2.18. The third kappa shape index (κ3) is 5.03. The van der Waals surface area contributed by atoms with Gasteiger partial charge in [0.15, 0.2) is 0 Å². The summed E-state index contributed by atoms with van der Waals surface area (Å²) in [5.41, 5.74) is 0. The minimum atomic E-state index is 0.142. The van der Waals surface area contributed by atoms with Gasteiger partial charge in [0.25, 0.3) is 0 Å². The molecular formula is C14H22N4O2. The van der Waals surface area contributed by atoms with E-state index in [2.05, 4.69) is 20.6 Å². The van der Waals surface area contributed by atoms with Gasteiger partial charge in [-0.3, -0.25) is 4.79 Å². The third-order valence-electron chi connectivity index (χ3n) is 2.94. The Hall–Kier alpha value is -1.85. The molecule has 2 rings (SSSR count). The van der Waals surface area contributed by atoms with E-state index < -0.39 is 0 Å². The number of aromatic nitrogens is 2. The summed E-state index contributed by atoms with van der Waals surface area (Å²) in [4.78, 5) is 20.0. The second kappa shape index (κ2) is 7.07. The molecule has 1 aliphatic carbocycles. The van der Waals surface area contributed by atoms with Crippen LogP contribution in [0.25, 0.3) is 0 Å². The Bertz CT molecular complexity index is 460. The van der Waals surface area contributed by atoms with E-state index in [-0.39, 0.29) is 5.91 Å². The van der Waals surface area contributed by atoms with Crippen molar-refractivity contribution in [3.8, 4) is 5.88 Å². The van der Waals surface area contributed by atoms with Gasteiger partial charge in [-0.1, -0.05) is 0 Å².